The number of aliphatic imine (C=N–C) groups is 2. The fourth-order valence-electron chi connectivity index (χ4n) is 5.20. The lowest BCUT2D eigenvalue weighted by Crippen LogP contribution is -2.55. The van der Waals surface area contributed by atoms with Crippen LogP contribution in [0.4, 0.5) is 11.4 Å². The van der Waals surface area contributed by atoms with Crippen LogP contribution in [0.3, 0.4) is 0 Å². The van der Waals surface area contributed by atoms with Crippen molar-refractivity contribution in [3.8, 4) is 0 Å². The van der Waals surface area contributed by atoms with Gasteiger partial charge < -0.3 is 10.5 Å². The summed E-state index contributed by atoms with van der Waals surface area (Å²) in [5.41, 5.74) is 9.04. The van der Waals surface area contributed by atoms with E-state index < -0.39 is 0 Å². The van der Waals surface area contributed by atoms with Crippen molar-refractivity contribution in [2.45, 2.75) is 69.5 Å². The molecule has 3 heterocycles. The van der Waals surface area contributed by atoms with Crippen LogP contribution in [0.1, 0.15) is 68.5 Å². The summed E-state index contributed by atoms with van der Waals surface area (Å²) < 4.78 is 7.31. The molecule has 5 rings (SSSR count). The fraction of sp³-hybridized carbons (Fsp3) is 0.560. The van der Waals surface area contributed by atoms with E-state index in [2.05, 4.69) is 33.0 Å². The first kappa shape index (κ1) is 23.8. The maximum Gasteiger partial charge on any atom is 0.153 e. The molecular weight excluding hydrogens is 471 g/mol. The van der Waals surface area contributed by atoms with Gasteiger partial charge in [-0.05, 0) is 62.3 Å². The van der Waals surface area contributed by atoms with Crippen molar-refractivity contribution in [1.82, 2.24) is 14.7 Å². The van der Waals surface area contributed by atoms with Crippen molar-refractivity contribution in [2.75, 3.05) is 19.8 Å². The van der Waals surface area contributed by atoms with Crippen molar-refractivity contribution < 1.29 is 4.74 Å². The van der Waals surface area contributed by atoms with Gasteiger partial charge in [0.2, 0.25) is 0 Å². The van der Waals surface area contributed by atoms with Crippen LogP contribution < -0.4 is 5.73 Å². The third kappa shape index (κ3) is 4.89. The molecule has 9 heteroatoms. The van der Waals surface area contributed by atoms with Crippen LogP contribution in [-0.4, -0.2) is 59.1 Å². The molecule has 1 saturated carbocycles. The number of ether oxygens (including phenoxy) is 1. The molecule has 1 aliphatic carbocycles. The van der Waals surface area contributed by atoms with Crippen LogP contribution in [-0.2, 0) is 4.74 Å². The summed E-state index contributed by atoms with van der Waals surface area (Å²) in [6.45, 7) is 5.05. The first-order chi connectivity index (χ1) is 16.6. The van der Waals surface area contributed by atoms with E-state index >= 15 is 0 Å². The molecule has 34 heavy (non-hydrogen) atoms. The number of hydrogen-bond donors (Lipinski definition) is 1. The fourth-order valence-corrected chi connectivity index (χ4v) is 5.81. The molecule has 3 fully saturated rings. The number of hydrogen-bond acceptors (Lipinski definition) is 5. The molecule has 0 amide bonds. The Balaban J connectivity index is 1.38. The van der Waals surface area contributed by atoms with Crippen LogP contribution in [0.2, 0.25) is 10.2 Å². The standard InChI is InChI=1S/C25H32Cl2N6O/c1-2-3-19-8-16(6-7-32(19)20-13-34-14-20)21-10-23(30-15-28)17(9-22(21)26)11-29-24-12-31-33(25(24)27)18-4-5-18/h9-12,15-16,18-20H,2-8,13-14H2,1H3,(H2,28,30)/t16?,19-/m0/s1. The van der Waals surface area contributed by atoms with E-state index in [-0.39, 0.29) is 0 Å². The van der Waals surface area contributed by atoms with Gasteiger partial charge >= 0.3 is 0 Å². The predicted octanol–water partition coefficient (Wildman–Crippen LogP) is 5.64. The van der Waals surface area contributed by atoms with E-state index in [1.165, 1.54) is 19.2 Å². The van der Waals surface area contributed by atoms with Gasteiger partial charge in [0.05, 0.1) is 43.5 Å². The van der Waals surface area contributed by atoms with Crippen LogP contribution in [0.25, 0.3) is 0 Å². The minimum absolute atomic E-state index is 0.394. The van der Waals surface area contributed by atoms with Crippen LogP contribution in [0, 0.1) is 0 Å². The molecule has 2 aliphatic heterocycles. The Kier molecular flexibility index (Phi) is 7.25. The van der Waals surface area contributed by atoms with Crippen molar-refractivity contribution in [1.29, 1.82) is 0 Å². The Labute approximate surface area is 211 Å². The van der Waals surface area contributed by atoms with E-state index in [4.69, 9.17) is 33.7 Å². The second-order valence-electron chi connectivity index (χ2n) is 9.56. The van der Waals surface area contributed by atoms with Gasteiger partial charge in [0.25, 0.3) is 0 Å². The number of aromatic nitrogens is 2. The quantitative estimate of drug-likeness (QED) is 0.373. The third-order valence-electron chi connectivity index (χ3n) is 7.22. The molecular formula is C25H32Cl2N6O. The molecule has 0 bridgehead atoms. The molecule has 7 nitrogen and oxygen atoms in total. The summed E-state index contributed by atoms with van der Waals surface area (Å²) in [5.74, 6) is 0.394. The SMILES string of the molecule is CCC[C@H]1CC(c2cc(N=CN)c(C=Nc3cnn(C4CC4)c3Cl)cc2Cl)CCN1C1COC1. The number of nitrogens with zero attached hydrogens (tertiary/aromatic N) is 5. The Bertz CT molecular complexity index is 1080. The van der Waals surface area contributed by atoms with Gasteiger partial charge in [0, 0.05) is 22.8 Å². The number of nitrogens with two attached hydrogens (primary N) is 1. The Morgan fingerprint density at radius 2 is 1.97 bits per heavy atom. The van der Waals surface area contributed by atoms with E-state index in [0.29, 0.717) is 34.9 Å². The first-order valence-corrected chi connectivity index (χ1v) is 13.0. The van der Waals surface area contributed by atoms with Crippen LogP contribution in [0.5, 0.6) is 0 Å². The van der Waals surface area contributed by atoms with Gasteiger partial charge in [-0.3, -0.25) is 9.89 Å². The van der Waals surface area contributed by atoms with E-state index in [0.717, 1.165) is 67.3 Å². The van der Waals surface area contributed by atoms with Gasteiger partial charge in [-0.2, -0.15) is 5.10 Å². The smallest absolute Gasteiger partial charge is 0.153 e. The molecule has 1 unspecified atom stereocenters. The minimum Gasteiger partial charge on any atom is -0.390 e. The molecule has 1 aromatic heterocycles. The second kappa shape index (κ2) is 10.4. The van der Waals surface area contributed by atoms with Crippen molar-refractivity contribution in [2.24, 2.45) is 15.7 Å². The maximum atomic E-state index is 6.84. The van der Waals surface area contributed by atoms with Gasteiger partial charge in [0.15, 0.2) is 5.15 Å². The Morgan fingerprint density at radius 1 is 1.15 bits per heavy atom. The highest BCUT2D eigenvalue weighted by molar-refractivity contribution is 6.32. The average molecular weight is 503 g/mol. The molecule has 3 aliphatic rings. The topological polar surface area (TPSA) is 81.0 Å². The number of likely N-dealkylation sites (tertiary alicyclic amines) is 1. The van der Waals surface area contributed by atoms with E-state index in [1.54, 1.807) is 12.4 Å². The minimum atomic E-state index is 0.394. The lowest BCUT2D eigenvalue weighted by atomic mass is 9.82. The van der Waals surface area contributed by atoms with Crippen molar-refractivity contribution >= 4 is 47.1 Å². The monoisotopic (exact) mass is 502 g/mol. The Hall–Kier alpha value is -1.93. The highest BCUT2D eigenvalue weighted by Crippen LogP contribution is 2.41. The summed E-state index contributed by atoms with van der Waals surface area (Å²) in [7, 11) is 0. The predicted molar refractivity (Wildman–Crippen MR) is 139 cm³/mol. The lowest BCUT2D eigenvalue weighted by Gasteiger charge is -2.47. The Morgan fingerprint density at radius 3 is 2.65 bits per heavy atom. The zero-order valence-corrected chi connectivity index (χ0v) is 21.0. The second-order valence-corrected chi connectivity index (χ2v) is 10.3. The zero-order chi connectivity index (χ0) is 23.7. The summed E-state index contributed by atoms with van der Waals surface area (Å²) in [6, 6.07) is 5.56. The van der Waals surface area contributed by atoms with Gasteiger partial charge in [-0.1, -0.05) is 36.5 Å². The number of halogens is 2. The molecule has 2 saturated heterocycles. The van der Waals surface area contributed by atoms with Crippen molar-refractivity contribution in [3.63, 3.8) is 0 Å². The molecule has 2 atom stereocenters. The molecule has 2 N–H and O–H groups in total. The lowest BCUT2D eigenvalue weighted by molar-refractivity contribution is -0.0902. The van der Waals surface area contributed by atoms with E-state index in [9.17, 15) is 0 Å². The number of piperidine rings is 1. The summed E-state index contributed by atoms with van der Waals surface area (Å²) >= 11 is 13.3. The van der Waals surface area contributed by atoms with Gasteiger partial charge in [-0.15, -0.1) is 0 Å². The first-order valence-electron chi connectivity index (χ1n) is 12.3. The average Bonchev–Trinajstić information content (AvgIpc) is 3.57. The third-order valence-corrected chi connectivity index (χ3v) is 7.92. The normalized spacial score (nSPS) is 24.3. The number of rotatable bonds is 8. The van der Waals surface area contributed by atoms with Crippen molar-refractivity contribution in [3.05, 3.63) is 39.6 Å². The molecule has 0 spiro atoms. The van der Waals surface area contributed by atoms with Crippen LogP contribution in [0.15, 0.2) is 28.3 Å². The summed E-state index contributed by atoms with van der Waals surface area (Å²) in [4.78, 5) is 11.7. The highest BCUT2D eigenvalue weighted by atomic mass is 35.5. The highest BCUT2D eigenvalue weighted by Gasteiger charge is 2.36. The maximum absolute atomic E-state index is 6.84. The summed E-state index contributed by atoms with van der Waals surface area (Å²) in [6.07, 6.45) is 11.5. The zero-order valence-electron chi connectivity index (χ0n) is 19.5. The summed E-state index contributed by atoms with van der Waals surface area (Å²) in [5, 5.41) is 5.69. The molecule has 2 aromatic rings. The largest absolute Gasteiger partial charge is 0.390 e. The van der Waals surface area contributed by atoms with Gasteiger partial charge in [-0.25, -0.2) is 9.67 Å². The molecule has 0 radical (unpaired) electrons. The van der Waals surface area contributed by atoms with E-state index in [1.807, 2.05) is 10.7 Å². The molecule has 182 valence electrons. The van der Waals surface area contributed by atoms with Crippen LogP contribution >= 0.6 is 23.2 Å². The molecule has 1 aromatic carbocycles. The van der Waals surface area contributed by atoms with Gasteiger partial charge in [0.1, 0.15) is 5.69 Å². The number of benzene rings is 1.